The van der Waals surface area contributed by atoms with Crippen LogP contribution in [0.15, 0.2) is 23.7 Å². The molecule has 0 spiro atoms. The zero-order valence-electron chi connectivity index (χ0n) is 13.7. The number of nitrogens with one attached hydrogen (secondary N) is 1. The van der Waals surface area contributed by atoms with Crippen molar-refractivity contribution in [1.82, 2.24) is 25.1 Å². The van der Waals surface area contributed by atoms with Crippen LogP contribution in [0.3, 0.4) is 0 Å². The third-order valence-electron chi connectivity index (χ3n) is 4.42. The molecule has 1 N–H and O–H groups in total. The van der Waals surface area contributed by atoms with E-state index in [9.17, 15) is 4.79 Å². The lowest BCUT2D eigenvalue weighted by Gasteiger charge is -2.26. The van der Waals surface area contributed by atoms with Crippen molar-refractivity contribution in [2.45, 2.75) is 45.2 Å². The van der Waals surface area contributed by atoms with Gasteiger partial charge in [-0.3, -0.25) is 4.79 Å². The maximum atomic E-state index is 12.6. The average molecular weight is 341 g/mol. The van der Waals surface area contributed by atoms with Gasteiger partial charge in [-0.15, -0.1) is 21.5 Å². The number of thiazole rings is 1. The molecule has 0 aliphatic carbocycles. The summed E-state index contributed by atoms with van der Waals surface area (Å²) in [7, 11) is 0. The van der Waals surface area contributed by atoms with Gasteiger partial charge in [0.05, 0.1) is 15.7 Å². The number of carbonyl (C=O) groups excluding carboxylic acids is 1. The highest BCUT2D eigenvalue weighted by Crippen LogP contribution is 2.22. The van der Waals surface area contributed by atoms with Crippen molar-refractivity contribution in [2.24, 2.45) is 0 Å². The van der Waals surface area contributed by atoms with E-state index in [4.69, 9.17) is 0 Å². The Balaban J connectivity index is 1.51. The topological polar surface area (TPSA) is 72.7 Å². The maximum absolute atomic E-state index is 12.6. The van der Waals surface area contributed by atoms with E-state index in [2.05, 4.69) is 38.9 Å². The Bertz CT molecular complexity index is 897. The van der Waals surface area contributed by atoms with Gasteiger partial charge in [0, 0.05) is 30.5 Å². The molecule has 1 aliphatic rings. The quantitative estimate of drug-likeness (QED) is 0.795. The fourth-order valence-electron chi connectivity index (χ4n) is 3.16. The van der Waals surface area contributed by atoms with Gasteiger partial charge in [-0.25, -0.2) is 4.98 Å². The molecule has 0 saturated carbocycles. The smallest absolute Gasteiger partial charge is 0.251 e. The molecule has 2 aromatic heterocycles. The van der Waals surface area contributed by atoms with Crippen LogP contribution < -0.4 is 5.32 Å². The summed E-state index contributed by atoms with van der Waals surface area (Å²) in [4.78, 5) is 16.8. The highest BCUT2D eigenvalue weighted by molar-refractivity contribution is 7.16. The van der Waals surface area contributed by atoms with Crippen molar-refractivity contribution < 1.29 is 4.79 Å². The zero-order chi connectivity index (χ0) is 16.7. The minimum atomic E-state index is -0.0297. The van der Waals surface area contributed by atoms with E-state index >= 15 is 0 Å². The van der Waals surface area contributed by atoms with Gasteiger partial charge in [0.1, 0.15) is 11.6 Å². The third kappa shape index (κ3) is 2.69. The predicted octanol–water partition coefficient (Wildman–Crippen LogP) is 2.76. The molecule has 0 radical (unpaired) electrons. The molecule has 6 nitrogen and oxygen atoms in total. The number of aryl methyl sites for hydroxylation is 1. The Morgan fingerprint density at radius 1 is 1.38 bits per heavy atom. The van der Waals surface area contributed by atoms with Crippen molar-refractivity contribution in [2.75, 3.05) is 0 Å². The number of hydrogen-bond donors (Lipinski definition) is 1. The lowest BCUT2D eigenvalue weighted by Crippen LogP contribution is -2.41. The molecule has 3 heterocycles. The van der Waals surface area contributed by atoms with Crippen LogP contribution in [0.5, 0.6) is 0 Å². The first-order chi connectivity index (χ1) is 11.6. The molecular formula is C17H19N5OS. The van der Waals surface area contributed by atoms with Crippen LogP contribution >= 0.6 is 11.3 Å². The summed E-state index contributed by atoms with van der Waals surface area (Å²) in [5.41, 5.74) is 3.42. The van der Waals surface area contributed by atoms with Gasteiger partial charge in [-0.1, -0.05) is 13.8 Å². The van der Waals surface area contributed by atoms with Crippen molar-refractivity contribution in [1.29, 1.82) is 0 Å². The van der Waals surface area contributed by atoms with Crippen LogP contribution in [0.2, 0.25) is 0 Å². The van der Waals surface area contributed by atoms with Crippen LogP contribution in [-0.2, 0) is 13.0 Å². The number of carbonyl (C=O) groups is 1. The average Bonchev–Trinajstić information content (AvgIpc) is 3.20. The van der Waals surface area contributed by atoms with Gasteiger partial charge in [0.2, 0.25) is 0 Å². The highest BCUT2D eigenvalue weighted by atomic mass is 32.1. The maximum Gasteiger partial charge on any atom is 0.251 e. The molecule has 24 heavy (non-hydrogen) atoms. The molecule has 1 amide bonds. The Labute approximate surface area is 143 Å². The fraction of sp³-hybridized carbons (Fsp3) is 0.412. The first kappa shape index (κ1) is 15.3. The van der Waals surface area contributed by atoms with Crippen molar-refractivity contribution in [3.63, 3.8) is 0 Å². The SMILES string of the molecule is CC(C)c1nnc2n1C[C@H](NC(=O)c1ccc3ncsc3c1)CC2. The normalized spacial score (nSPS) is 17.2. The summed E-state index contributed by atoms with van der Waals surface area (Å²) in [6, 6.07) is 5.76. The molecule has 1 aliphatic heterocycles. The summed E-state index contributed by atoms with van der Waals surface area (Å²) < 4.78 is 3.19. The highest BCUT2D eigenvalue weighted by Gasteiger charge is 2.25. The van der Waals surface area contributed by atoms with Gasteiger partial charge in [0.15, 0.2) is 0 Å². The second-order valence-electron chi connectivity index (χ2n) is 6.48. The van der Waals surface area contributed by atoms with E-state index in [1.54, 1.807) is 16.8 Å². The van der Waals surface area contributed by atoms with Crippen LogP contribution in [-0.4, -0.2) is 31.7 Å². The van der Waals surface area contributed by atoms with Crippen molar-refractivity contribution >= 4 is 27.5 Å². The molecule has 4 rings (SSSR count). The molecule has 1 aromatic carbocycles. The van der Waals surface area contributed by atoms with E-state index in [-0.39, 0.29) is 11.9 Å². The van der Waals surface area contributed by atoms with E-state index < -0.39 is 0 Å². The number of benzene rings is 1. The van der Waals surface area contributed by atoms with E-state index in [1.165, 1.54) is 0 Å². The van der Waals surface area contributed by atoms with Crippen molar-refractivity contribution in [3.05, 3.63) is 40.9 Å². The largest absolute Gasteiger partial charge is 0.347 e. The molecule has 0 saturated heterocycles. The van der Waals surface area contributed by atoms with Crippen LogP contribution in [0, 0.1) is 0 Å². The molecule has 124 valence electrons. The molecule has 3 aromatic rings. The van der Waals surface area contributed by atoms with Gasteiger partial charge in [-0.2, -0.15) is 0 Å². The Kier molecular flexibility index (Phi) is 3.80. The first-order valence-electron chi connectivity index (χ1n) is 8.18. The van der Waals surface area contributed by atoms with Gasteiger partial charge in [0.25, 0.3) is 5.91 Å². The van der Waals surface area contributed by atoms with Crippen LogP contribution in [0.1, 0.15) is 48.2 Å². The second-order valence-corrected chi connectivity index (χ2v) is 7.37. The first-order valence-corrected chi connectivity index (χ1v) is 9.06. The van der Waals surface area contributed by atoms with Gasteiger partial charge < -0.3 is 9.88 Å². The van der Waals surface area contributed by atoms with Gasteiger partial charge >= 0.3 is 0 Å². The minimum absolute atomic E-state index is 0.0297. The third-order valence-corrected chi connectivity index (χ3v) is 5.21. The van der Waals surface area contributed by atoms with Crippen molar-refractivity contribution in [3.8, 4) is 0 Å². The molecule has 7 heteroatoms. The summed E-state index contributed by atoms with van der Waals surface area (Å²) in [6.07, 6.45) is 1.74. The fourth-order valence-corrected chi connectivity index (χ4v) is 3.87. The number of fused-ring (bicyclic) bond motifs is 2. The Hall–Kier alpha value is -2.28. The van der Waals surface area contributed by atoms with E-state index in [0.29, 0.717) is 11.5 Å². The molecule has 0 fully saturated rings. The second kappa shape index (κ2) is 5.98. The lowest BCUT2D eigenvalue weighted by molar-refractivity contribution is 0.0927. The zero-order valence-corrected chi connectivity index (χ0v) is 14.5. The summed E-state index contributed by atoms with van der Waals surface area (Å²) in [5, 5.41) is 11.7. The summed E-state index contributed by atoms with van der Waals surface area (Å²) in [6.45, 7) is 4.97. The van der Waals surface area contributed by atoms with Crippen LogP contribution in [0.25, 0.3) is 10.2 Å². The molecular weight excluding hydrogens is 322 g/mol. The minimum Gasteiger partial charge on any atom is -0.347 e. The summed E-state index contributed by atoms with van der Waals surface area (Å²) in [5.74, 6) is 2.32. The number of hydrogen-bond acceptors (Lipinski definition) is 5. The van der Waals surface area contributed by atoms with E-state index in [1.807, 2.05) is 18.2 Å². The number of nitrogens with zero attached hydrogens (tertiary/aromatic N) is 4. The monoisotopic (exact) mass is 341 g/mol. The molecule has 0 bridgehead atoms. The summed E-state index contributed by atoms with van der Waals surface area (Å²) >= 11 is 1.55. The molecule has 0 unspecified atom stereocenters. The number of rotatable bonds is 3. The Morgan fingerprint density at radius 2 is 2.25 bits per heavy atom. The van der Waals surface area contributed by atoms with E-state index in [0.717, 1.165) is 41.3 Å². The Morgan fingerprint density at radius 3 is 3.08 bits per heavy atom. The number of aromatic nitrogens is 4. The van der Waals surface area contributed by atoms with Gasteiger partial charge in [-0.05, 0) is 24.6 Å². The standard InChI is InChI=1S/C17H19N5OS/c1-10(2)16-21-20-15-6-4-12(8-22(15)16)19-17(23)11-3-5-13-14(7-11)24-9-18-13/h3,5,7,9-10,12H,4,6,8H2,1-2H3,(H,19,23)/t12-/m1/s1. The predicted molar refractivity (Wildman–Crippen MR) is 93.3 cm³/mol. The van der Waals surface area contributed by atoms with Crippen LogP contribution in [0.4, 0.5) is 0 Å². The molecule has 1 atom stereocenters. The number of amides is 1. The lowest BCUT2D eigenvalue weighted by atomic mass is 10.1.